The van der Waals surface area contributed by atoms with Crippen molar-refractivity contribution in [3.05, 3.63) is 0 Å². The van der Waals surface area contributed by atoms with Crippen molar-refractivity contribution in [1.29, 1.82) is 0 Å². The van der Waals surface area contributed by atoms with E-state index in [2.05, 4.69) is 15.1 Å². The van der Waals surface area contributed by atoms with Crippen LogP contribution < -0.4 is 5.32 Å². The Hall–Kier alpha value is -0.160. The average molecular weight is 255 g/mol. The van der Waals surface area contributed by atoms with Crippen molar-refractivity contribution in [1.82, 2.24) is 15.1 Å². The van der Waals surface area contributed by atoms with Crippen LogP contribution in [-0.4, -0.2) is 73.4 Å². The van der Waals surface area contributed by atoms with E-state index in [1.807, 2.05) is 0 Å². The zero-order chi connectivity index (χ0) is 12.6. The van der Waals surface area contributed by atoms with Gasteiger partial charge in [-0.15, -0.1) is 0 Å². The van der Waals surface area contributed by atoms with E-state index in [0.717, 1.165) is 39.3 Å². The van der Waals surface area contributed by atoms with E-state index in [1.54, 1.807) is 0 Å². The van der Waals surface area contributed by atoms with Gasteiger partial charge in [0.15, 0.2) is 0 Å². The predicted molar refractivity (Wildman–Crippen MR) is 74.8 cm³/mol. The molecule has 0 aromatic heterocycles. The van der Waals surface area contributed by atoms with Crippen molar-refractivity contribution in [3.63, 3.8) is 0 Å². The molecule has 0 radical (unpaired) electrons. The van der Waals surface area contributed by atoms with E-state index < -0.39 is 0 Å². The van der Waals surface area contributed by atoms with Crippen LogP contribution in [0, 0.1) is 0 Å². The van der Waals surface area contributed by atoms with Gasteiger partial charge in [0.25, 0.3) is 0 Å². The van der Waals surface area contributed by atoms with Gasteiger partial charge in [-0.2, -0.15) is 0 Å². The standard InChI is InChI=1S/C14H29N3O/c18-14(12-16-8-3-1-2-4-9-16)13-17-10-5-6-15-7-11-17/h14-15,18H,1-13H2. The van der Waals surface area contributed by atoms with Crippen molar-refractivity contribution < 1.29 is 5.11 Å². The Bertz CT molecular complexity index is 187. The van der Waals surface area contributed by atoms with Gasteiger partial charge in [-0.25, -0.2) is 0 Å². The summed E-state index contributed by atoms with van der Waals surface area (Å²) in [5, 5.41) is 13.6. The van der Waals surface area contributed by atoms with Gasteiger partial charge in [0, 0.05) is 26.2 Å². The summed E-state index contributed by atoms with van der Waals surface area (Å²) in [6.07, 6.45) is 6.37. The van der Waals surface area contributed by atoms with E-state index in [-0.39, 0.29) is 6.10 Å². The monoisotopic (exact) mass is 255 g/mol. The summed E-state index contributed by atoms with van der Waals surface area (Å²) < 4.78 is 0. The fourth-order valence-electron chi connectivity index (χ4n) is 3.06. The first kappa shape index (κ1) is 14.3. The molecule has 106 valence electrons. The third-order valence-electron chi connectivity index (χ3n) is 4.07. The molecule has 2 aliphatic heterocycles. The highest BCUT2D eigenvalue weighted by molar-refractivity contribution is 4.73. The fraction of sp³-hybridized carbons (Fsp3) is 1.00. The van der Waals surface area contributed by atoms with Crippen LogP contribution in [0.25, 0.3) is 0 Å². The van der Waals surface area contributed by atoms with Crippen LogP contribution in [0.4, 0.5) is 0 Å². The third-order valence-corrected chi connectivity index (χ3v) is 4.07. The van der Waals surface area contributed by atoms with Crippen LogP contribution in [-0.2, 0) is 0 Å². The maximum atomic E-state index is 10.2. The molecule has 0 saturated carbocycles. The molecular formula is C14H29N3O. The molecule has 0 spiro atoms. The second-order valence-corrected chi connectivity index (χ2v) is 5.77. The lowest BCUT2D eigenvalue weighted by molar-refractivity contribution is 0.0770. The normalized spacial score (nSPS) is 26.5. The Morgan fingerprint density at radius 1 is 0.778 bits per heavy atom. The molecule has 1 unspecified atom stereocenters. The molecule has 2 N–H and O–H groups in total. The summed E-state index contributed by atoms with van der Waals surface area (Å²) in [4.78, 5) is 4.86. The molecule has 4 heteroatoms. The maximum Gasteiger partial charge on any atom is 0.0793 e. The molecule has 2 heterocycles. The van der Waals surface area contributed by atoms with Gasteiger partial charge in [0.1, 0.15) is 0 Å². The molecule has 2 fully saturated rings. The van der Waals surface area contributed by atoms with E-state index in [0.29, 0.717) is 0 Å². The minimum Gasteiger partial charge on any atom is -0.390 e. The zero-order valence-corrected chi connectivity index (χ0v) is 11.6. The zero-order valence-electron chi connectivity index (χ0n) is 11.6. The molecule has 1 atom stereocenters. The number of rotatable bonds is 4. The Morgan fingerprint density at radius 2 is 1.39 bits per heavy atom. The lowest BCUT2D eigenvalue weighted by Gasteiger charge is -2.27. The van der Waals surface area contributed by atoms with Gasteiger partial charge in [-0.05, 0) is 45.4 Å². The summed E-state index contributed by atoms with van der Waals surface area (Å²) in [6, 6.07) is 0. The number of β-amino-alcohol motifs (C(OH)–C–C–N with tert-alkyl or cyclic N) is 1. The van der Waals surface area contributed by atoms with Crippen LogP contribution in [0.1, 0.15) is 32.1 Å². The minimum absolute atomic E-state index is 0.179. The van der Waals surface area contributed by atoms with Crippen LogP contribution >= 0.6 is 0 Å². The second kappa shape index (κ2) is 8.10. The van der Waals surface area contributed by atoms with E-state index in [4.69, 9.17) is 0 Å². The van der Waals surface area contributed by atoms with Gasteiger partial charge < -0.3 is 15.3 Å². The molecule has 4 nitrogen and oxygen atoms in total. The number of aliphatic hydroxyl groups excluding tert-OH is 1. The Balaban J connectivity index is 1.67. The van der Waals surface area contributed by atoms with Crippen LogP contribution in [0.2, 0.25) is 0 Å². The summed E-state index contributed by atoms with van der Waals surface area (Å²) in [7, 11) is 0. The van der Waals surface area contributed by atoms with Crippen molar-refractivity contribution in [2.75, 3.05) is 52.4 Å². The molecule has 0 aromatic rings. The van der Waals surface area contributed by atoms with E-state index >= 15 is 0 Å². The largest absolute Gasteiger partial charge is 0.390 e. The number of aliphatic hydroxyl groups is 1. The predicted octanol–water partition coefficient (Wildman–Crippen LogP) is 0.519. The van der Waals surface area contributed by atoms with Gasteiger partial charge in [0.2, 0.25) is 0 Å². The number of hydrogen-bond donors (Lipinski definition) is 2. The third kappa shape index (κ3) is 5.22. The number of hydrogen-bond acceptors (Lipinski definition) is 4. The highest BCUT2D eigenvalue weighted by Crippen LogP contribution is 2.10. The summed E-state index contributed by atoms with van der Waals surface area (Å²) in [5.41, 5.74) is 0. The van der Waals surface area contributed by atoms with Gasteiger partial charge in [0.05, 0.1) is 6.10 Å². The molecule has 0 amide bonds. The molecule has 2 rings (SSSR count). The van der Waals surface area contributed by atoms with Crippen LogP contribution in [0.3, 0.4) is 0 Å². The average Bonchev–Trinajstić information content (AvgIpc) is 2.74. The molecule has 0 bridgehead atoms. The van der Waals surface area contributed by atoms with Crippen LogP contribution in [0.5, 0.6) is 0 Å². The smallest absolute Gasteiger partial charge is 0.0793 e. The highest BCUT2D eigenvalue weighted by Gasteiger charge is 2.17. The first-order valence-corrected chi connectivity index (χ1v) is 7.68. The Kier molecular flexibility index (Phi) is 6.41. The van der Waals surface area contributed by atoms with Crippen molar-refractivity contribution in [2.24, 2.45) is 0 Å². The highest BCUT2D eigenvalue weighted by atomic mass is 16.3. The number of likely N-dealkylation sites (tertiary alicyclic amines) is 1. The van der Waals surface area contributed by atoms with Gasteiger partial charge in [-0.3, -0.25) is 4.90 Å². The van der Waals surface area contributed by atoms with Crippen LogP contribution in [0.15, 0.2) is 0 Å². The Labute approximate surface area is 111 Å². The molecule has 2 saturated heterocycles. The molecular weight excluding hydrogens is 226 g/mol. The minimum atomic E-state index is -0.179. The quantitative estimate of drug-likeness (QED) is 0.768. The molecule has 18 heavy (non-hydrogen) atoms. The van der Waals surface area contributed by atoms with E-state index in [1.165, 1.54) is 45.2 Å². The lowest BCUT2D eigenvalue weighted by Crippen LogP contribution is -2.41. The van der Waals surface area contributed by atoms with Gasteiger partial charge in [-0.1, -0.05) is 12.8 Å². The summed E-state index contributed by atoms with van der Waals surface area (Å²) in [5.74, 6) is 0. The second-order valence-electron chi connectivity index (χ2n) is 5.77. The summed E-state index contributed by atoms with van der Waals surface area (Å²) in [6.45, 7) is 8.47. The topological polar surface area (TPSA) is 38.7 Å². The van der Waals surface area contributed by atoms with Crippen molar-refractivity contribution >= 4 is 0 Å². The fourth-order valence-corrected chi connectivity index (χ4v) is 3.06. The maximum absolute atomic E-state index is 10.2. The number of nitrogens with one attached hydrogen (secondary N) is 1. The SMILES string of the molecule is OC(CN1CCCCCC1)CN1CCCNCC1. The molecule has 2 aliphatic rings. The Morgan fingerprint density at radius 3 is 2.11 bits per heavy atom. The molecule has 0 aromatic carbocycles. The molecule has 0 aliphatic carbocycles. The summed E-state index contributed by atoms with van der Waals surface area (Å²) >= 11 is 0. The lowest BCUT2D eigenvalue weighted by atomic mass is 10.2. The number of nitrogens with zero attached hydrogens (tertiary/aromatic N) is 2. The van der Waals surface area contributed by atoms with Crippen molar-refractivity contribution in [2.45, 2.75) is 38.2 Å². The first-order chi connectivity index (χ1) is 8.84. The first-order valence-electron chi connectivity index (χ1n) is 7.68. The van der Waals surface area contributed by atoms with Crippen molar-refractivity contribution in [3.8, 4) is 0 Å². The van der Waals surface area contributed by atoms with E-state index in [9.17, 15) is 5.11 Å². The van der Waals surface area contributed by atoms with Gasteiger partial charge >= 0.3 is 0 Å².